The Bertz CT molecular complexity index is 535. The molecule has 0 spiro atoms. The second kappa shape index (κ2) is 6.77. The van der Waals surface area contributed by atoms with Crippen molar-refractivity contribution in [2.45, 2.75) is 44.1 Å². The van der Waals surface area contributed by atoms with Crippen LogP contribution < -0.4 is 5.73 Å². The highest BCUT2D eigenvalue weighted by molar-refractivity contribution is 5.73. The molecule has 1 aromatic rings. The quantitative estimate of drug-likeness (QED) is 0.794. The van der Waals surface area contributed by atoms with Gasteiger partial charge in [-0.25, -0.2) is 0 Å². The lowest BCUT2D eigenvalue weighted by Gasteiger charge is -2.26. The zero-order valence-corrected chi connectivity index (χ0v) is 12.0. The van der Waals surface area contributed by atoms with Crippen LogP contribution in [0.3, 0.4) is 0 Å². The average Bonchev–Trinajstić information content (AvgIpc) is 2.41. The molecule has 0 amide bonds. The summed E-state index contributed by atoms with van der Waals surface area (Å²) in [5, 5.41) is 8.76. The summed E-state index contributed by atoms with van der Waals surface area (Å²) in [7, 11) is 0. The molecule has 9 heteroatoms. The van der Waals surface area contributed by atoms with Crippen LogP contribution in [0.1, 0.15) is 42.4 Å². The molecule has 1 rings (SSSR count). The van der Waals surface area contributed by atoms with Gasteiger partial charge in [0.1, 0.15) is 6.04 Å². The number of rotatable bonds is 5. The number of carboxylic acids is 1. The molecule has 2 unspecified atom stereocenters. The molecule has 130 valence electrons. The fourth-order valence-electron chi connectivity index (χ4n) is 2.40. The lowest BCUT2D eigenvalue weighted by molar-refractivity contribution is -0.144. The third-order valence-corrected chi connectivity index (χ3v) is 3.47. The van der Waals surface area contributed by atoms with Crippen LogP contribution >= 0.6 is 0 Å². The highest BCUT2D eigenvalue weighted by Crippen LogP contribution is 2.44. The van der Waals surface area contributed by atoms with Crippen LogP contribution in [0.15, 0.2) is 18.2 Å². The van der Waals surface area contributed by atoms with Crippen molar-refractivity contribution in [1.29, 1.82) is 0 Å². The van der Waals surface area contributed by atoms with Gasteiger partial charge in [-0.1, -0.05) is 13.0 Å². The maximum atomic E-state index is 13.1. The van der Waals surface area contributed by atoms with Crippen molar-refractivity contribution in [3.05, 3.63) is 34.9 Å². The Kier molecular flexibility index (Phi) is 5.68. The molecule has 0 bridgehead atoms. The van der Waals surface area contributed by atoms with Crippen LogP contribution in [0.2, 0.25) is 0 Å². The molecule has 0 aliphatic heterocycles. The van der Waals surface area contributed by atoms with Crippen molar-refractivity contribution < 1.29 is 36.2 Å². The predicted molar refractivity (Wildman–Crippen MR) is 69.7 cm³/mol. The highest BCUT2D eigenvalue weighted by atomic mass is 19.4. The molecule has 0 aliphatic carbocycles. The molecule has 3 N–H and O–H groups in total. The predicted octanol–water partition coefficient (Wildman–Crippen LogP) is 4.02. The van der Waals surface area contributed by atoms with Gasteiger partial charge in [-0.05, 0) is 36.5 Å². The van der Waals surface area contributed by atoms with Gasteiger partial charge < -0.3 is 10.8 Å². The number of benzene rings is 1. The molecular formula is C14H15F6NO2. The van der Waals surface area contributed by atoms with Crippen molar-refractivity contribution in [1.82, 2.24) is 0 Å². The molecule has 0 heterocycles. The summed E-state index contributed by atoms with van der Waals surface area (Å²) in [6.45, 7) is 1.38. The second-order valence-corrected chi connectivity index (χ2v) is 5.05. The monoisotopic (exact) mass is 343 g/mol. The van der Waals surface area contributed by atoms with E-state index in [0.717, 1.165) is 0 Å². The minimum absolute atomic E-state index is 0.114. The summed E-state index contributed by atoms with van der Waals surface area (Å²) in [6, 6.07) is 0.236. The van der Waals surface area contributed by atoms with Crippen molar-refractivity contribution in [3.63, 3.8) is 0 Å². The van der Waals surface area contributed by atoms with Crippen molar-refractivity contribution in [2.75, 3.05) is 0 Å². The van der Waals surface area contributed by atoms with Crippen molar-refractivity contribution in [2.24, 2.45) is 5.73 Å². The first-order chi connectivity index (χ1) is 10.4. The van der Waals surface area contributed by atoms with Crippen LogP contribution in [-0.4, -0.2) is 17.1 Å². The summed E-state index contributed by atoms with van der Waals surface area (Å²) >= 11 is 0. The number of halogens is 6. The zero-order valence-electron chi connectivity index (χ0n) is 12.0. The van der Waals surface area contributed by atoms with Gasteiger partial charge in [0.2, 0.25) is 0 Å². The topological polar surface area (TPSA) is 63.3 Å². The molecule has 0 fully saturated rings. The van der Waals surface area contributed by atoms with E-state index in [1.54, 1.807) is 0 Å². The Morgan fingerprint density at radius 2 is 1.57 bits per heavy atom. The molecule has 0 aliphatic rings. The summed E-state index contributed by atoms with van der Waals surface area (Å²) in [5.74, 6) is -2.77. The number of hydrogen-bond donors (Lipinski definition) is 2. The standard InChI is InChI=1S/C14H15F6NO2/c1-2-7(6-10(21)12(22)23)11-8(13(15,16)17)4-3-5-9(11)14(18,19)20/h3-5,7,10H,2,6,21H2,1H3,(H,22,23). The summed E-state index contributed by atoms with van der Waals surface area (Å²) < 4.78 is 78.6. The Labute approximate surface area is 128 Å². The zero-order chi connectivity index (χ0) is 18.0. The Morgan fingerprint density at radius 1 is 1.13 bits per heavy atom. The van der Waals surface area contributed by atoms with Gasteiger partial charge in [0.05, 0.1) is 11.1 Å². The first kappa shape index (κ1) is 19.3. The van der Waals surface area contributed by atoms with Crippen LogP contribution in [0, 0.1) is 0 Å². The van der Waals surface area contributed by atoms with Gasteiger partial charge in [-0.3, -0.25) is 4.79 Å². The first-order valence-electron chi connectivity index (χ1n) is 6.65. The third-order valence-electron chi connectivity index (χ3n) is 3.47. The lowest BCUT2D eigenvalue weighted by Crippen LogP contribution is -2.32. The fourth-order valence-corrected chi connectivity index (χ4v) is 2.40. The van der Waals surface area contributed by atoms with Crippen molar-refractivity contribution in [3.8, 4) is 0 Å². The Balaban J connectivity index is 3.53. The van der Waals surface area contributed by atoms with E-state index >= 15 is 0 Å². The molecule has 3 nitrogen and oxygen atoms in total. The minimum Gasteiger partial charge on any atom is -0.480 e. The SMILES string of the molecule is CCC(CC(N)C(=O)O)c1c(C(F)(F)F)cccc1C(F)(F)F. The number of alkyl halides is 6. The second-order valence-electron chi connectivity index (χ2n) is 5.05. The van der Waals surface area contributed by atoms with E-state index in [9.17, 15) is 31.1 Å². The number of carbonyl (C=O) groups is 1. The van der Waals surface area contributed by atoms with E-state index in [-0.39, 0.29) is 6.42 Å². The Hall–Kier alpha value is -1.77. The maximum Gasteiger partial charge on any atom is 0.416 e. The third kappa shape index (κ3) is 4.60. The molecule has 0 saturated carbocycles. The number of aliphatic carboxylic acids is 1. The fraction of sp³-hybridized carbons (Fsp3) is 0.500. The van der Waals surface area contributed by atoms with E-state index in [1.165, 1.54) is 6.92 Å². The summed E-state index contributed by atoms with van der Waals surface area (Å²) in [6.07, 6.45) is -10.6. The summed E-state index contributed by atoms with van der Waals surface area (Å²) in [5.41, 5.74) is 1.50. The molecular weight excluding hydrogens is 328 g/mol. The van der Waals surface area contributed by atoms with Gasteiger partial charge in [0, 0.05) is 0 Å². The van der Waals surface area contributed by atoms with E-state index in [0.29, 0.717) is 18.2 Å². The van der Waals surface area contributed by atoms with E-state index in [1.807, 2.05) is 0 Å². The average molecular weight is 343 g/mol. The van der Waals surface area contributed by atoms with Crippen LogP contribution in [0.4, 0.5) is 26.3 Å². The van der Waals surface area contributed by atoms with Crippen LogP contribution in [0.25, 0.3) is 0 Å². The maximum absolute atomic E-state index is 13.1. The smallest absolute Gasteiger partial charge is 0.416 e. The Morgan fingerprint density at radius 3 is 1.87 bits per heavy atom. The molecule has 0 radical (unpaired) electrons. The summed E-state index contributed by atoms with van der Waals surface area (Å²) in [4.78, 5) is 10.8. The first-order valence-corrected chi connectivity index (χ1v) is 6.65. The molecule has 2 atom stereocenters. The number of nitrogens with two attached hydrogens (primary N) is 1. The van der Waals surface area contributed by atoms with Gasteiger partial charge in [0.15, 0.2) is 0 Å². The lowest BCUT2D eigenvalue weighted by atomic mass is 9.83. The van der Waals surface area contributed by atoms with E-state index in [2.05, 4.69) is 0 Å². The van der Waals surface area contributed by atoms with E-state index in [4.69, 9.17) is 10.8 Å². The van der Waals surface area contributed by atoms with Gasteiger partial charge >= 0.3 is 18.3 Å². The molecule has 1 aromatic carbocycles. The van der Waals surface area contributed by atoms with Gasteiger partial charge in [-0.15, -0.1) is 0 Å². The van der Waals surface area contributed by atoms with E-state index < -0.39 is 53.4 Å². The number of carboxylic acid groups (broad SMARTS) is 1. The normalized spacial score (nSPS) is 15.3. The molecule has 0 saturated heterocycles. The van der Waals surface area contributed by atoms with Crippen LogP contribution in [0.5, 0.6) is 0 Å². The van der Waals surface area contributed by atoms with Gasteiger partial charge in [0.25, 0.3) is 0 Å². The van der Waals surface area contributed by atoms with Crippen LogP contribution in [-0.2, 0) is 17.1 Å². The molecule has 0 aromatic heterocycles. The van der Waals surface area contributed by atoms with Gasteiger partial charge in [-0.2, -0.15) is 26.3 Å². The van der Waals surface area contributed by atoms with Crippen molar-refractivity contribution >= 4 is 5.97 Å². The minimum atomic E-state index is -4.99. The number of hydrogen-bond acceptors (Lipinski definition) is 2. The molecule has 23 heavy (non-hydrogen) atoms. The highest BCUT2D eigenvalue weighted by Gasteiger charge is 2.42. The largest absolute Gasteiger partial charge is 0.480 e.